The van der Waals surface area contributed by atoms with E-state index < -0.39 is 0 Å². The Morgan fingerprint density at radius 2 is 1.68 bits per heavy atom. The fourth-order valence-corrected chi connectivity index (χ4v) is 1.99. The number of nitrogens with one attached hydrogen (secondary N) is 1. The molecule has 2 aromatic rings. The van der Waals surface area contributed by atoms with Crippen molar-refractivity contribution < 1.29 is 4.74 Å². The number of hydrogen-bond acceptors (Lipinski definition) is 2. The molecule has 0 aliphatic heterocycles. The summed E-state index contributed by atoms with van der Waals surface area (Å²) >= 11 is 0. The van der Waals surface area contributed by atoms with Crippen molar-refractivity contribution in [3.8, 4) is 5.75 Å². The maximum atomic E-state index is 5.82. The number of ether oxygens (including phenoxy) is 1. The first-order valence-corrected chi connectivity index (χ1v) is 6.76. The van der Waals surface area contributed by atoms with Crippen LogP contribution in [0.15, 0.2) is 48.5 Å². The molecular formula is C17H21NO. The van der Waals surface area contributed by atoms with Gasteiger partial charge in [0.15, 0.2) is 0 Å². The largest absolute Gasteiger partial charge is 0.489 e. The lowest BCUT2D eigenvalue weighted by atomic mass is 10.1. The highest BCUT2D eigenvalue weighted by atomic mass is 16.5. The summed E-state index contributed by atoms with van der Waals surface area (Å²) < 4.78 is 5.82. The Bertz CT molecular complexity index is 505. The van der Waals surface area contributed by atoms with Gasteiger partial charge >= 0.3 is 0 Å². The first-order chi connectivity index (χ1) is 9.31. The average molecular weight is 255 g/mol. The van der Waals surface area contributed by atoms with E-state index in [-0.39, 0.29) is 0 Å². The Morgan fingerprint density at radius 3 is 2.37 bits per heavy atom. The lowest BCUT2D eigenvalue weighted by Crippen LogP contribution is -2.05. The maximum absolute atomic E-state index is 5.82. The third kappa shape index (κ3) is 4.11. The third-order valence-electron chi connectivity index (χ3n) is 3.12. The molecule has 0 aromatic heterocycles. The molecule has 0 saturated carbocycles. The molecule has 2 aromatic carbocycles. The van der Waals surface area contributed by atoms with E-state index in [1.807, 2.05) is 19.2 Å². The highest BCUT2D eigenvalue weighted by molar-refractivity contribution is 5.29. The molecule has 0 aliphatic rings. The molecule has 0 radical (unpaired) electrons. The maximum Gasteiger partial charge on any atom is 0.120 e. The standard InChI is InChI=1S/C17H21NO/c1-3-14-7-9-15(10-8-14)13-19-17-6-4-5-16(11-17)12-18-2/h4-11,18H,3,12-13H2,1-2H3. The Hall–Kier alpha value is -1.80. The molecule has 0 unspecified atom stereocenters. The van der Waals surface area contributed by atoms with Gasteiger partial charge in [-0.2, -0.15) is 0 Å². The van der Waals surface area contributed by atoms with E-state index in [4.69, 9.17) is 4.74 Å². The first-order valence-electron chi connectivity index (χ1n) is 6.76. The van der Waals surface area contributed by atoms with Crippen molar-refractivity contribution in [2.45, 2.75) is 26.5 Å². The van der Waals surface area contributed by atoms with Crippen LogP contribution in [-0.2, 0) is 19.6 Å². The van der Waals surface area contributed by atoms with E-state index in [0.29, 0.717) is 6.61 Å². The predicted molar refractivity (Wildman–Crippen MR) is 79.4 cm³/mol. The van der Waals surface area contributed by atoms with Crippen molar-refractivity contribution in [2.75, 3.05) is 7.05 Å². The summed E-state index contributed by atoms with van der Waals surface area (Å²) in [6.45, 7) is 3.65. The van der Waals surface area contributed by atoms with Crippen molar-refractivity contribution >= 4 is 0 Å². The first kappa shape index (κ1) is 13.6. The Labute approximate surface area is 115 Å². The molecule has 19 heavy (non-hydrogen) atoms. The molecule has 0 saturated heterocycles. The molecule has 2 rings (SSSR count). The summed E-state index contributed by atoms with van der Waals surface area (Å²) in [5.74, 6) is 0.923. The fourth-order valence-electron chi connectivity index (χ4n) is 1.99. The van der Waals surface area contributed by atoms with Gasteiger partial charge in [0.25, 0.3) is 0 Å². The van der Waals surface area contributed by atoms with Crippen LogP contribution in [0.5, 0.6) is 5.75 Å². The van der Waals surface area contributed by atoms with Crippen LogP contribution < -0.4 is 10.1 Å². The fraction of sp³-hybridized carbons (Fsp3) is 0.294. The molecule has 0 bridgehead atoms. The van der Waals surface area contributed by atoms with Crippen LogP contribution in [0.1, 0.15) is 23.6 Å². The number of rotatable bonds is 6. The van der Waals surface area contributed by atoms with Gasteiger partial charge in [0, 0.05) is 6.54 Å². The van der Waals surface area contributed by atoms with Crippen LogP contribution in [0.2, 0.25) is 0 Å². The normalized spacial score (nSPS) is 10.4. The summed E-state index contributed by atoms with van der Waals surface area (Å²) in [7, 11) is 1.95. The van der Waals surface area contributed by atoms with Gasteiger partial charge in [-0.15, -0.1) is 0 Å². The zero-order valence-electron chi connectivity index (χ0n) is 11.6. The SMILES string of the molecule is CCc1ccc(COc2cccc(CNC)c2)cc1. The van der Waals surface area contributed by atoms with Gasteiger partial charge in [-0.05, 0) is 42.3 Å². The van der Waals surface area contributed by atoms with Gasteiger partial charge < -0.3 is 10.1 Å². The van der Waals surface area contributed by atoms with Crippen molar-refractivity contribution in [1.82, 2.24) is 5.32 Å². The molecule has 2 heteroatoms. The Morgan fingerprint density at radius 1 is 0.947 bits per heavy atom. The van der Waals surface area contributed by atoms with Crippen molar-refractivity contribution in [1.29, 1.82) is 0 Å². The molecule has 0 amide bonds. The summed E-state index contributed by atoms with van der Waals surface area (Å²) in [4.78, 5) is 0. The van der Waals surface area contributed by atoms with Gasteiger partial charge in [0.2, 0.25) is 0 Å². The average Bonchev–Trinajstić information content (AvgIpc) is 2.46. The number of hydrogen-bond donors (Lipinski definition) is 1. The molecule has 1 N–H and O–H groups in total. The summed E-state index contributed by atoms with van der Waals surface area (Å²) in [6, 6.07) is 16.8. The molecule has 0 spiro atoms. The van der Waals surface area contributed by atoms with E-state index in [1.54, 1.807) is 0 Å². The van der Waals surface area contributed by atoms with E-state index in [9.17, 15) is 0 Å². The van der Waals surface area contributed by atoms with E-state index in [2.05, 4.69) is 48.6 Å². The highest BCUT2D eigenvalue weighted by Gasteiger charge is 1.98. The van der Waals surface area contributed by atoms with E-state index in [1.165, 1.54) is 16.7 Å². The number of benzene rings is 2. The monoisotopic (exact) mass is 255 g/mol. The zero-order valence-corrected chi connectivity index (χ0v) is 11.6. The van der Waals surface area contributed by atoms with Crippen LogP contribution in [0.3, 0.4) is 0 Å². The van der Waals surface area contributed by atoms with E-state index >= 15 is 0 Å². The second-order valence-electron chi connectivity index (χ2n) is 4.64. The summed E-state index contributed by atoms with van der Waals surface area (Å²) in [5, 5.41) is 3.14. The van der Waals surface area contributed by atoms with Crippen LogP contribution in [-0.4, -0.2) is 7.05 Å². The molecule has 0 atom stereocenters. The van der Waals surface area contributed by atoms with Gasteiger partial charge in [0.1, 0.15) is 12.4 Å². The molecular weight excluding hydrogens is 234 g/mol. The lowest BCUT2D eigenvalue weighted by Gasteiger charge is -2.08. The number of aryl methyl sites for hydroxylation is 1. The van der Waals surface area contributed by atoms with Crippen LogP contribution in [0.4, 0.5) is 0 Å². The molecule has 2 nitrogen and oxygen atoms in total. The highest BCUT2D eigenvalue weighted by Crippen LogP contribution is 2.15. The minimum absolute atomic E-state index is 0.618. The van der Waals surface area contributed by atoms with Crippen LogP contribution in [0.25, 0.3) is 0 Å². The van der Waals surface area contributed by atoms with Gasteiger partial charge in [-0.3, -0.25) is 0 Å². The molecule has 0 heterocycles. The van der Waals surface area contributed by atoms with Crippen LogP contribution in [0, 0.1) is 0 Å². The van der Waals surface area contributed by atoms with E-state index in [0.717, 1.165) is 18.7 Å². The minimum atomic E-state index is 0.618. The van der Waals surface area contributed by atoms with Gasteiger partial charge in [-0.25, -0.2) is 0 Å². The summed E-state index contributed by atoms with van der Waals surface area (Å²) in [6.07, 6.45) is 1.08. The zero-order chi connectivity index (χ0) is 13.5. The topological polar surface area (TPSA) is 21.3 Å². The van der Waals surface area contributed by atoms with Gasteiger partial charge in [0.05, 0.1) is 0 Å². The lowest BCUT2D eigenvalue weighted by molar-refractivity contribution is 0.306. The smallest absolute Gasteiger partial charge is 0.120 e. The second kappa shape index (κ2) is 6.95. The third-order valence-corrected chi connectivity index (χ3v) is 3.12. The molecule has 0 aliphatic carbocycles. The quantitative estimate of drug-likeness (QED) is 0.852. The second-order valence-corrected chi connectivity index (χ2v) is 4.64. The molecule has 0 fully saturated rings. The Kier molecular flexibility index (Phi) is 4.99. The minimum Gasteiger partial charge on any atom is -0.489 e. The van der Waals surface area contributed by atoms with Crippen molar-refractivity contribution in [3.05, 3.63) is 65.2 Å². The van der Waals surface area contributed by atoms with Gasteiger partial charge in [-0.1, -0.05) is 43.3 Å². The summed E-state index contributed by atoms with van der Waals surface area (Å²) in [5.41, 5.74) is 3.80. The molecule has 100 valence electrons. The van der Waals surface area contributed by atoms with Crippen molar-refractivity contribution in [2.24, 2.45) is 0 Å². The Balaban J connectivity index is 1.95. The van der Waals surface area contributed by atoms with Crippen molar-refractivity contribution in [3.63, 3.8) is 0 Å². The predicted octanol–water partition coefficient (Wildman–Crippen LogP) is 3.55. The van der Waals surface area contributed by atoms with Crippen LogP contribution >= 0.6 is 0 Å².